The topological polar surface area (TPSA) is 58.9 Å². The van der Waals surface area contributed by atoms with Gasteiger partial charge in [-0.15, -0.1) is 0 Å². The van der Waals surface area contributed by atoms with E-state index in [1.54, 1.807) is 6.07 Å². The van der Waals surface area contributed by atoms with Crippen molar-refractivity contribution in [3.63, 3.8) is 0 Å². The number of hydrogen-bond acceptors (Lipinski definition) is 3. The molecule has 2 aromatic heterocycles. The molecule has 4 aromatic rings. The molecule has 1 aliphatic rings. The smallest absolute Gasteiger partial charge is 0.167 e. The average Bonchev–Trinajstić information content (AvgIpc) is 3.19. The lowest BCUT2D eigenvalue weighted by atomic mass is 10.1. The van der Waals surface area contributed by atoms with Gasteiger partial charge in [0.05, 0.1) is 34.6 Å². The Morgan fingerprint density at radius 2 is 1.72 bits per heavy atom. The Balaban J connectivity index is 1.96. The number of fused-ring (bicyclic) bond motifs is 2. The van der Waals surface area contributed by atoms with Crippen molar-refractivity contribution < 1.29 is 13.2 Å². The van der Waals surface area contributed by atoms with Gasteiger partial charge < -0.3 is 0 Å². The standard InChI is InChI=1S/C17H8F3N5/c18-10-5-4-8-15-13(7-21-24-15)23-17(25-16(8)9(10)6-22-25)14-11(19)2-1-3-12(14)20/h1-7H,(H,21,24). The van der Waals surface area contributed by atoms with Gasteiger partial charge >= 0.3 is 0 Å². The molecule has 5 rings (SSSR count). The third-order valence-corrected chi connectivity index (χ3v) is 4.18. The first-order valence-electron chi connectivity index (χ1n) is 7.38. The maximum atomic E-state index is 14.4. The van der Waals surface area contributed by atoms with Crippen molar-refractivity contribution in [2.45, 2.75) is 0 Å². The van der Waals surface area contributed by atoms with E-state index in [-0.39, 0.29) is 16.8 Å². The number of rotatable bonds is 1. The number of aliphatic imine (C=N–C) groups is 1. The summed E-state index contributed by atoms with van der Waals surface area (Å²) in [5.41, 5.74) is 1.53. The molecule has 8 heteroatoms. The number of benzene rings is 2. The molecule has 0 atom stereocenters. The highest BCUT2D eigenvalue weighted by atomic mass is 19.1. The van der Waals surface area contributed by atoms with E-state index in [4.69, 9.17) is 0 Å². The molecule has 0 bridgehead atoms. The van der Waals surface area contributed by atoms with Crippen LogP contribution < -0.4 is 0 Å². The summed E-state index contributed by atoms with van der Waals surface area (Å²) in [5, 5.41) is 11.1. The van der Waals surface area contributed by atoms with Gasteiger partial charge in [-0.05, 0) is 24.3 Å². The SMILES string of the molecule is Fc1cccc(F)c1C1=Nc2cn[nH]c2-c2ccc(F)c3cnn1c23. The fraction of sp³-hybridized carbons (Fsp3) is 0. The van der Waals surface area contributed by atoms with Crippen LogP contribution in [0.25, 0.3) is 22.2 Å². The lowest BCUT2D eigenvalue weighted by Gasteiger charge is -2.09. The van der Waals surface area contributed by atoms with Crippen LogP contribution in [-0.2, 0) is 0 Å². The van der Waals surface area contributed by atoms with Crippen molar-refractivity contribution >= 4 is 22.4 Å². The molecule has 0 aliphatic carbocycles. The molecule has 0 spiro atoms. The quantitative estimate of drug-likeness (QED) is 0.505. The summed E-state index contributed by atoms with van der Waals surface area (Å²) in [7, 11) is 0. The van der Waals surface area contributed by atoms with Crippen LogP contribution in [0.3, 0.4) is 0 Å². The van der Waals surface area contributed by atoms with E-state index in [2.05, 4.69) is 20.3 Å². The fourth-order valence-corrected chi connectivity index (χ4v) is 3.07. The van der Waals surface area contributed by atoms with Crippen LogP contribution >= 0.6 is 0 Å². The maximum Gasteiger partial charge on any atom is 0.167 e. The monoisotopic (exact) mass is 339 g/mol. The highest BCUT2D eigenvalue weighted by molar-refractivity contribution is 6.11. The Bertz CT molecular complexity index is 1170. The minimum Gasteiger partial charge on any atom is -0.275 e. The Hall–Kier alpha value is -3.42. The molecule has 2 aromatic carbocycles. The molecule has 25 heavy (non-hydrogen) atoms. The number of nitrogens with zero attached hydrogens (tertiary/aromatic N) is 4. The van der Waals surface area contributed by atoms with Crippen molar-refractivity contribution in [1.29, 1.82) is 0 Å². The van der Waals surface area contributed by atoms with Crippen LogP contribution in [-0.4, -0.2) is 25.8 Å². The van der Waals surface area contributed by atoms with Gasteiger partial charge in [-0.2, -0.15) is 10.2 Å². The summed E-state index contributed by atoms with van der Waals surface area (Å²) >= 11 is 0. The van der Waals surface area contributed by atoms with Crippen LogP contribution in [0.4, 0.5) is 18.9 Å². The van der Waals surface area contributed by atoms with Gasteiger partial charge in [-0.3, -0.25) is 5.10 Å². The lowest BCUT2D eigenvalue weighted by molar-refractivity contribution is 0.577. The van der Waals surface area contributed by atoms with E-state index in [1.165, 1.54) is 29.2 Å². The molecule has 0 radical (unpaired) electrons. The van der Waals surface area contributed by atoms with E-state index in [9.17, 15) is 13.2 Å². The molecule has 0 saturated carbocycles. The molecule has 5 nitrogen and oxygen atoms in total. The fourth-order valence-electron chi connectivity index (χ4n) is 3.07. The number of halogens is 3. The number of hydrogen-bond donors (Lipinski definition) is 1. The minimum atomic E-state index is -0.785. The zero-order valence-corrected chi connectivity index (χ0v) is 12.5. The Labute approximate surface area is 138 Å². The molecule has 0 amide bonds. The van der Waals surface area contributed by atoms with Crippen molar-refractivity contribution in [2.75, 3.05) is 0 Å². The summed E-state index contributed by atoms with van der Waals surface area (Å²) in [5.74, 6) is -2.13. The van der Waals surface area contributed by atoms with Crippen molar-refractivity contribution in [3.8, 4) is 11.3 Å². The van der Waals surface area contributed by atoms with Crippen LogP contribution in [0, 0.1) is 17.5 Å². The van der Waals surface area contributed by atoms with Gasteiger partial charge in [-0.25, -0.2) is 22.8 Å². The third kappa shape index (κ3) is 1.81. The largest absolute Gasteiger partial charge is 0.275 e. The first kappa shape index (κ1) is 14.0. The van der Waals surface area contributed by atoms with Gasteiger partial charge in [0.15, 0.2) is 5.84 Å². The molecule has 1 N–H and O–H groups in total. The van der Waals surface area contributed by atoms with E-state index >= 15 is 0 Å². The molecular weight excluding hydrogens is 331 g/mol. The van der Waals surface area contributed by atoms with E-state index in [0.29, 0.717) is 22.5 Å². The van der Waals surface area contributed by atoms with Gasteiger partial charge in [-0.1, -0.05) is 6.07 Å². The van der Waals surface area contributed by atoms with E-state index < -0.39 is 17.5 Å². The second-order valence-corrected chi connectivity index (χ2v) is 5.58. The minimum absolute atomic E-state index is 0.0717. The summed E-state index contributed by atoms with van der Waals surface area (Å²) in [6.07, 6.45) is 2.75. The Kier molecular flexibility index (Phi) is 2.68. The molecule has 0 fully saturated rings. The van der Waals surface area contributed by atoms with Gasteiger partial charge in [0.2, 0.25) is 0 Å². The van der Waals surface area contributed by atoms with Gasteiger partial charge in [0.25, 0.3) is 0 Å². The van der Waals surface area contributed by atoms with E-state index in [1.807, 2.05) is 0 Å². The highest BCUT2D eigenvalue weighted by Gasteiger charge is 2.26. The summed E-state index contributed by atoms with van der Waals surface area (Å²) < 4.78 is 44.2. The molecule has 0 saturated heterocycles. The first-order valence-corrected chi connectivity index (χ1v) is 7.38. The molecule has 0 unspecified atom stereocenters. The van der Waals surface area contributed by atoms with Crippen LogP contribution in [0.15, 0.2) is 47.7 Å². The molecular formula is C17H8F3N5. The lowest BCUT2D eigenvalue weighted by Crippen LogP contribution is -2.18. The second-order valence-electron chi connectivity index (χ2n) is 5.58. The van der Waals surface area contributed by atoms with Crippen molar-refractivity contribution in [1.82, 2.24) is 20.0 Å². The van der Waals surface area contributed by atoms with E-state index in [0.717, 1.165) is 12.1 Å². The van der Waals surface area contributed by atoms with Gasteiger partial charge in [0.1, 0.15) is 23.1 Å². The van der Waals surface area contributed by atoms with Crippen LogP contribution in [0.2, 0.25) is 0 Å². The third-order valence-electron chi connectivity index (χ3n) is 4.18. The predicted molar refractivity (Wildman–Crippen MR) is 85.2 cm³/mol. The number of H-pyrrole nitrogens is 1. The van der Waals surface area contributed by atoms with Gasteiger partial charge in [0, 0.05) is 5.56 Å². The normalized spacial score (nSPS) is 12.8. The first-order chi connectivity index (χ1) is 12.1. The number of aromatic amines is 1. The zero-order valence-electron chi connectivity index (χ0n) is 12.5. The molecule has 3 heterocycles. The van der Waals surface area contributed by atoms with Crippen LogP contribution in [0.5, 0.6) is 0 Å². The number of aromatic nitrogens is 4. The summed E-state index contributed by atoms with van der Waals surface area (Å²) in [4.78, 5) is 4.35. The Morgan fingerprint density at radius 1 is 0.920 bits per heavy atom. The van der Waals surface area contributed by atoms with Crippen molar-refractivity contribution in [2.24, 2.45) is 4.99 Å². The second kappa shape index (κ2) is 4.79. The van der Waals surface area contributed by atoms with Crippen molar-refractivity contribution in [3.05, 3.63) is 65.7 Å². The predicted octanol–water partition coefficient (Wildman–Crippen LogP) is 3.78. The average molecular weight is 339 g/mol. The zero-order chi connectivity index (χ0) is 17.1. The van der Waals surface area contributed by atoms with Crippen LogP contribution in [0.1, 0.15) is 5.56 Å². The summed E-state index contributed by atoms with van der Waals surface area (Å²) in [6, 6.07) is 6.40. The number of nitrogens with one attached hydrogen (secondary N) is 1. The maximum absolute atomic E-state index is 14.4. The summed E-state index contributed by atoms with van der Waals surface area (Å²) in [6.45, 7) is 0. The Morgan fingerprint density at radius 3 is 2.52 bits per heavy atom. The highest BCUT2D eigenvalue weighted by Crippen LogP contribution is 2.38. The molecule has 1 aliphatic heterocycles. The molecule has 122 valence electrons.